The summed E-state index contributed by atoms with van der Waals surface area (Å²) in [5.74, 6) is 0.538. The van der Waals surface area contributed by atoms with Crippen molar-refractivity contribution in [3.05, 3.63) is 89.9 Å². The topological polar surface area (TPSA) is 59.6 Å². The van der Waals surface area contributed by atoms with Crippen LogP contribution in [0.5, 0.6) is 0 Å². The summed E-state index contributed by atoms with van der Waals surface area (Å²) in [6, 6.07) is 10.6. The van der Waals surface area contributed by atoms with Crippen LogP contribution in [-0.4, -0.2) is 39.2 Å². The highest BCUT2D eigenvalue weighted by atomic mass is 19.1. The molecule has 0 N–H and O–H groups in total. The van der Waals surface area contributed by atoms with Crippen molar-refractivity contribution in [3.8, 4) is 5.69 Å². The molecular formula is C25H22FN5O2. The number of aryl methyl sites for hydroxylation is 1. The fraction of sp³-hybridized carbons (Fsp3) is 0.200. The highest BCUT2D eigenvalue weighted by Crippen LogP contribution is 2.34. The molecule has 0 aliphatic carbocycles. The van der Waals surface area contributed by atoms with Crippen molar-refractivity contribution in [2.45, 2.75) is 13.3 Å². The van der Waals surface area contributed by atoms with Crippen LogP contribution < -0.4 is 5.01 Å². The Morgan fingerprint density at radius 3 is 2.73 bits per heavy atom. The minimum Gasteiger partial charge on any atom is -0.489 e. The van der Waals surface area contributed by atoms with Crippen molar-refractivity contribution in [2.24, 2.45) is 0 Å². The van der Waals surface area contributed by atoms with E-state index in [9.17, 15) is 4.39 Å². The number of hydrogen-bond acceptors (Lipinski definition) is 6. The Balaban J connectivity index is 1.37. The molecule has 2 aliphatic heterocycles. The van der Waals surface area contributed by atoms with Crippen LogP contribution in [0.2, 0.25) is 0 Å². The van der Waals surface area contributed by atoms with Crippen LogP contribution in [0, 0.1) is 12.7 Å². The van der Waals surface area contributed by atoms with E-state index in [1.54, 1.807) is 6.33 Å². The Hall–Kier alpha value is -4.07. The van der Waals surface area contributed by atoms with Gasteiger partial charge in [-0.1, -0.05) is 6.08 Å². The number of imidazole rings is 1. The molecule has 2 aromatic heterocycles. The molecule has 0 atom stereocenters. The second-order valence-electron chi connectivity index (χ2n) is 8.08. The minimum absolute atomic E-state index is 0.237. The Bertz CT molecular complexity index is 1390. The molecule has 2 aliphatic rings. The van der Waals surface area contributed by atoms with Gasteiger partial charge in [0.25, 0.3) is 0 Å². The van der Waals surface area contributed by atoms with Crippen molar-refractivity contribution >= 4 is 22.9 Å². The van der Waals surface area contributed by atoms with Gasteiger partial charge < -0.3 is 13.7 Å². The maximum atomic E-state index is 13.4. The number of oxazole rings is 1. The number of morpholine rings is 1. The van der Waals surface area contributed by atoms with Gasteiger partial charge in [0.2, 0.25) is 0 Å². The van der Waals surface area contributed by atoms with Gasteiger partial charge in [-0.2, -0.15) is 0 Å². The third-order valence-electron chi connectivity index (χ3n) is 5.96. The Labute approximate surface area is 190 Å². The van der Waals surface area contributed by atoms with E-state index < -0.39 is 0 Å². The highest BCUT2D eigenvalue weighted by Gasteiger charge is 2.29. The molecule has 4 aromatic rings. The van der Waals surface area contributed by atoms with Crippen molar-refractivity contribution in [1.29, 1.82) is 0 Å². The second-order valence-corrected chi connectivity index (χ2v) is 8.08. The van der Waals surface area contributed by atoms with Crippen molar-refractivity contribution < 1.29 is 13.5 Å². The third kappa shape index (κ3) is 3.44. The number of nitrogens with zero attached hydrogens (tertiary/aromatic N) is 5. The van der Waals surface area contributed by atoms with Crippen LogP contribution in [0.3, 0.4) is 0 Å². The summed E-state index contributed by atoms with van der Waals surface area (Å²) in [5.41, 5.74) is 6.15. The molecule has 1 fully saturated rings. The normalized spacial score (nSPS) is 17.3. The van der Waals surface area contributed by atoms with E-state index in [1.807, 2.05) is 48.0 Å². The van der Waals surface area contributed by atoms with E-state index in [4.69, 9.17) is 9.15 Å². The van der Waals surface area contributed by atoms with Crippen LogP contribution in [-0.2, 0) is 4.74 Å². The smallest absolute Gasteiger partial charge is 0.182 e. The number of fused-ring (bicyclic) bond motifs is 2. The van der Waals surface area contributed by atoms with Gasteiger partial charge in [0, 0.05) is 18.3 Å². The van der Waals surface area contributed by atoms with E-state index in [0.717, 1.165) is 59.1 Å². The van der Waals surface area contributed by atoms with Crippen LogP contribution in [0.25, 0.3) is 22.9 Å². The molecule has 0 radical (unpaired) electrons. The van der Waals surface area contributed by atoms with Gasteiger partial charge in [0.1, 0.15) is 23.7 Å². The first kappa shape index (κ1) is 19.6. The number of aromatic nitrogens is 3. The molecule has 0 bridgehead atoms. The number of ether oxygens (including phenoxy) is 1. The average molecular weight is 443 g/mol. The Morgan fingerprint density at radius 2 is 1.91 bits per heavy atom. The molecule has 0 unspecified atom stereocenters. The maximum Gasteiger partial charge on any atom is 0.182 e. The largest absolute Gasteiger partial charge is 0.489 e. The number of hydrogen-bond donors (Lipinski definition) is 0. The molecule has 0 spiro atoms. The minimum atomic E-state index is -0.237. The zero-order valence-corrected chi connectivity index (χ0v) is 18.1. The molecule has 2 aromatic carbocycles. The zero-order valence-electron chi connectivity index (χ0n) is 18.1. The van der Waals surface area contributed by atoms with Gasteiger partial charge in [-0.3, -0.25) is 10.0 Å². The van der Waals surface area contributed by atoms with Crippen LogP contribution >= 0.6 is 0 Å². The fourth-order valence-electron chi connectivity index (χ4n) is 4.43. The second kappa shape index (κ2) is 7.81. The number of halogens is 1. The monoisotopic (exact) mass is 443 g/mol. The standard InChI is InChI=1S/C25H22FN5O2/c1-17-14-29(15-27-17)22-9-4-18(25-24(22)28-16-33-25)13-23-21-3-2-10-30(31(21)11-12-32-23)20-7-5-19(26)6-8-20/h3-9,13-16H,2,10-12H2,1H3. The molecule has 33 heavy (non-hydrogen) atoms. The summed E-state index contributed by atoms with van der Waals surface area (Å²) in [7, 11) is 0. The molecule has 1 saturated heterocycles. The predicted molar refractivity (Wildman–Crippen MR) is 123 cm³/mol. The number of hydrazine groups is 1. The lowest BCUT2D eigenvalue weighted by molar-refractivity contribution is 0.118. The first-order valence-electron chi connectivity index (χ1n) is 10.9. The summed E-state index contributed by atoms with van der Waals surface area (Å²) in [4.78, 5) is 8.77. The van der Waals surface area contributed by atoms with Gasteiger partial charge >= 0.3 is 0 Å². The van der Waals surface area contributed by atoms with Crippen molar-refractivity contribution in [2.75, 3.05) is 24.7 Å². The SMILES string of the molecule is Cc1cn(-c2ccc(C=C3OCCN4C3=CCCN4c3ccc(F)cc3)c3ocnc23)cn1. The van der Waals surface area contributed by atoms with Crippen LogP contribution in [0.4, 0.5) is 10.1 Å². The molecule has 6 rings (SSSR count). The average Bonchev–Trinajstić information content (AvgIpc) is 3.49. The summed E-state index contributed by atoms with van der Waals surface area (Å²) in [6.07, 6.45) is 10.2. The zero-order chi connectivity index (χ0) is 22.4. The number of anilines is 1. The van der Waals surface area contributed by atoms with Gasteiger partial charge in [0.15, 0.2) is 12.0 Å². The first-order valence-corrected chi connectivity index (χ1v) is 10.9. The van der Waals surface area contributed by atoms with E-state index >= 15 is 0 Å². The van der Waals surface area contributed by atoms with E-state index in [0.29, 0.717) is 12.2 Å². The number of rotatable bonds is 3. The Kier molecular flexibility index (Phi) is 4.64. The summed E-state index contributed by atoms with van der Waals surface area (Å²) in [6.45, 7) is 4.05. The molecular weight excluding hydrogens is 421 g/mol. The number of benzene rings is 2. The maximum absolute atomic E-state index is 13.4. The van der Waals surface area contributed by atoms with E-state index in [2.05, 4.69) is 26.1 Å². The fourth-order valence-corrected chi connectivity index (χ4v) is 4.43. The summed E-state index contributed by atoms with van der Waals surface area (Å²) < 4.78 is 27.2. The van der Waals surface area contributed by atoms with Gasteiger partial charge in [-0.15, -0.1) is 0 Å². The molecule has 4 heterocycles. The van der Waals surface area contributed by atoms with Crippen LogP contribution in [0.15, 0.2) is 77.3 Å². The Morgan fingerprint density at radius 1 is 1.03 bits per heavy atom. The van der Waals surface area contributed by atoms with Crippen LogP contribution in [0.1, 0.15) is 17.7 Å². The highest BCUT2D eigenvalue weighted by molar-refractivity contribution is 5.89. The first-order chi connectivity index (χ1) is 16.2. The molecule has 166 valence electrons. The van der Waals surface area contributed by atoms with Gasteiger partial charge in [-0.05, 0) is 55.8 Å². The summed E-state index contributed by atoms with van der Waals surface area (Å²) >= 11 is 0. The molecule has 0 amide bonds. The van der Waals surface area contributed by atoms with Gasteiger partial charge in [0.05, 0.1) is 35.6 Å². The third-order valence-corrected chi connectivity index (χ3v) is 5.96. The van der Waals surface area contributed by atoms with Gasteiger partial charge in [-0.25, -0.2) is 14.4 Å². The van der Waals surface area contributed by atoms with E-state index in [-0.39, 0.29) is 5.82 Å². The molecule has 8 heteroatoms. The lowest BCUT2D eigenvalue weighted by Gasteiger charge is -2.45. The molecule has 0 saturated carbocycles. The lowest BCUT2D eigenvalue weighted by Crippen LogP contribution is -2.49. The molecule has 7 nitrogen and oxygen atoms in total. The van der Waals surface area contributed by atoms with Crippen molar-refractivity contribution in [3.63, 3.8) is 0 Å². The van der Waals surface area contributed by atoms with E-state index in [1.165, 1.54) is 18.5 Å². The quantitative estimate of drug-likeness (QED) is 0.452. The summed E-state index contributed by atoms with van der Waals surface area (Å²) in [5, 5.41) is 4.38. The van der Waals surface area contributed by atoms with Crippen molar-refractivity contribution in [1.82, 2.24) is 19.5 Å². The predicted octanol–water partition coefficient (Wildman–Crippen LogP) is 4.84. The lowest BCUT2D eigenvalue weighted by atomic mass is 10.1.